The van der Waals surface area contributed by atoms with Gasteiger partial charge in [0.15, 0.2) is 0 Å². The Morgan fingerprint density at radius 3 is 2.84 bits per heavy atom. The van der Waals surface area contributed by atoms with Crippen LogP contribution in [0.3, 0.4) is 0 Å². The molecule has 19 heavy (non-hydrogen) atoms. The molecule has 0 aliphatic rings. The van der Waals surface area contributed by atoms with Gasteiger partial charge in [-0.05, 0) is 18.6 Å². The van der Waals surface area contributed by atoms with E-state index in [0.717, 1.165) is 24.6 Å². The highest BCUT2D eigenvalue weighted by Gasteiger charge is 2.14. The summed E-state index contributed by atoms with van der Waals surface area (Å²) in [5.41, 5.74) is 0.0520. The van der Waals surface area contributed by atoms with Crippen LogP contribution in [0.15, 0.2) is 18.2 Å². The minimum Gasteiger partial charge on any atom is -0.355 e. The first-order valence-corrected chi connectivity index (χ1v) is 5.94. The predicted molar refractivity (Wildman–Crippen MR) is 68.1 cm³/mol. The second-order valence-electron chi connectivity index (χ2n) is 3.98. The van der Waals surface area contributed by atoms with E-state index in [1.54, 1.807) is 0 Å². The Morgan fingerprint density at radius 1 is 1.47 bits per heavy atom. The number of hydrogen-bond acceptors (Lipinski definition) is 4. The zero-order valence-electron chi connectivity index (χ0n) is 10.6. The van der Waals surface area contributed by atoms with Crippen LogP contribution >= 0.6 is 0 Å². The summed E-state index contributed by atoms with van der Waals surface area (Å²) < 4.78 is 13.0. The van der Waals surface area contributed by atoms with Gasteiger partial charge in [-0.3, -0.25) is 14.9 Å². The number of rotatable bonds is 7. The highest BCUT2D eigenvalue weighted by atomic mass is 19.1. The third kappa shape index (κ3) is 5.01. The summed E-state index contributed by atoms with van der Waals surface area (Å²) in [6, 6.07) is 3.24. The standard InChI is InChI=1S/C12H16FN3O3/c1-2-5-15-12(17)8-14-7-9-6-10(13)3-4-11(9)16(18)19/h3-4,6,14H,2,5,7-8H2,1H3,(H,15,17). The van der Waals surface area contributed by atoms with Crippen molar-refractivity contribution in [2.45, 2.75) is 19.9 Å². The van der Waals surface area contributed by atoms with Gasteiger partial charge in [0, 0.05) is 24.7 Å². The van der Waals surface area contributed by atoms with E-state index >= 15 is 0 Å². The summed E-state index contributed by atoms with van der Waals surface area (Å²) >= 11 is 0. The number of nitro groups is 1. The number of nitro benzene ring substituents is 1. The number of carbonyl (C=O) groups excluding carboxylic acids is 1. The number of nitrogens with one attached hydrogen (secondary N) is 2. The summed E-state index contributed by atoms with van der Waals surface area (Å²) in [6.07, 6.45) is 0.834. The highest BCUT2D eigenvalue weighted by Crippen LogP contribution is 2.19. The molecule has 0 fully saturated rings. The average molecular weight is 269 g/mol. The lowest BCUT2D eigenvalue weighted by Gasteiger charge is -2.06. The quantitative estimate of drug-likeness (QED) is 0.578. The third-order valence-electron chi connectivity index (χ3n) is 2.41. The van der Waals surface area contributed by atoms with Gasteiger partial charge < -0.3 is 10.6 Å². The van der Waals surface area contributed by atoms with E-state index in [1.165, 1.54) is 0 Å². The predicted octanol–water partition coefficient (Wildman–Crippen LogP) is 1.35. The maximum absolute atomic E-state index is 13.0. The molecule has 7 heteroatoms. The highest BCUT2D eigenvalue weighted by molar-refractivity contribution is 5.77. The molecule has 0 bridgehead atoms. The van der Waals surface area contributed by atoms with Crippen molar-refractivity contribution in [1.82, 2.24) is 10.6 Å². The summed E-state index contributed by atoms with van der Waals surface area (Å²) in [5, 5.41) is 16.2. The van der Waals surface area contributed by atoms with Crippen LogP contribution in [0.2, 0.25) is 0 Å². The van der Waals surface area contributed by atoms with Crippen LogP contribution < -0.4 is 10.6 Å². The molecule has 1 amide bonds. The summed E-state index contributed by atoms with van der Waals surface area (Å²) in [6.45, 7) is 2.62. The van der Waals surface area contributed by atoms with Crippen molar-refractivity contribution in [3.63, 3.8) is 0 Å². The Morgan fingerprint density at radius 2 is 2.21 bits per heavy atom. The molecule has 0 aliphatic heterocycles. The van der Waals surface area contributed by atoms with Gasteiger partial charge in [-0.2, -0.15) is 0 Å². The van der Waals surface area contributed by atoms with Gasteiger partial charge in [-0.1, -0.05) is 6.92 Å². The Bertz CT molecular complexity index is 466. The van der Waals surface area contributed by atoms with Crippen molar-refractivity contribution >= 4 is 11.6 Å². The van der Waals surface area contributed by atoms with Gasteiger partial charge in [0.05, 0.1) is 11.5 Å². The van der Waals surface area contributed by atoms with Crippen LogP contribution in [0.25, 0.3) is 0 Å². The lowest BCUT2D eigenvalue weighted by atomic mass is 10.1. The SMILES string of the molecule is CCCNC(=O)CNCc1cc(F)ccc1[N+](=O)[O-]. The van der Waals surface area contributed by atoms with E-state index in [0.29, 0.717) is 6.54 Å². The molecule has 0 spiro atoms. The van der Waals surface area contributed by atoms with Gasteiger partial charge in [-0.25, -0.2) is 4.39 Å². The molecule has 0 atom stereocenters. The third-order valence-corrected chi connectivity index (χ3v) is 2.41. The zero-order chi connectivity index (χ0) is 14.3. The molecule has 6 nitrogen and oxygen atoms in total. The Kier molecular flexibility index (Phi) is 5.87. The van der Waals surface area contributed by atoms with Crippen LogP contribution in [0.4, 0.5) is 10.1 Å². The van der Waals surface area contributed by atoms with E-state index in [2.05, 4.69) is 10.6 Å². The molecule has 1 rings (SSSR count). The molecule has 0 unspecified atom stereocenters. The summed E-state index contributed by atoms with van der Waals surface area (Å²) in [4.78, 5) is 21.5. The maximum atomic E-state index is 13.0. The number of nitrogens with zero attached hydrogens (tertiary/aromatic N) is 1. The Hall–Kier alpha value is -2.02. The second-order valence-corrected chi connectivity index (χ2v) is 3.98. The molecule has 1 aromatic rings. The number of amides is 1. The summed E-state index contributed by atoms with van der Waals surface area (Å²) in [7, 11) is 0. The molecule has 0 saturated carbocycles. The molecular formula is C12H16FN3O3. The Labute approximate surface area is 110 Å². The van der Waals surface area contributed by atoms with E-state index in [4.69, 9.17) is 0 Å². The summed E-state index contributed by atoms with van der Waals surface area (Å²) in [5.74, 6) is -0.737. The van der Waals surface area contributed by atoms with Crippen LogP contribution in [-0.4, -0.2) is 23.9 Å². The van der Waals surface area contributed by atoms with Gasteiger partial charge >= 0.3 is 0 Å². The number of hydrogen-bond donors (Lipinski definition) is 2. The molecule has 104 valence electrons. The molecule has 1 aromatic carbocycles. The molecule has 0 radical (unpaired) electrons. The van der Waals surface area contributed by atoms with E-state index in [-0.39, 0.29) is 30.2 Å². The number of benzene rings is 1. The van der Waals surface area contributed by atoms with Gasteiger partial charge in [0.25, 0.3) is 5.69 Å². The minimum atomic E-state index is -0.576. The second kappa shape index (κ2) is 7.42. The molecule has 0 aliphatic carbocycles. The fourth-order valence-corrected chi connectivity index (χ4v) is 1.51. The number of carbonyl (C=O) groups is 1. The van der Waals surface area contributed by atoms with Crippen LogP contribution in [0.5, 0.6) is 0 Å². The largest absolute Gasteiger partial charge is 0.355 e. The number of halogens is 1. The zero-order valence-corrected chi connectivity index (χ0v) is 10.6. The first-order valence-electron chi connectivity index (χ1n) is 5.94. The van der Waals surface area contributed by atoms with Crippen LogP contribution in [-0.2, 0) is 11.3 Å². The van der Waals surface area contributed by atoms with E-state index in [1.807, 2.05) is 6.92 Å². The fraction of sp³-hybridized carbons (Fsp3) is 0.417. The van der Waals surface area contributed by atoms with Crippen molar-refractivity contribution in [2.75, 3.05) is 13.1 Å². The normalized spacial score (nSPS) is 10.2. The first kappa shape index (κ1) is 15.0. The van der Waals surface area contributed by atoms with Gasteiger partial charge in [0.1, 0.15) is 5.82 Å². The monoisotopic (exact) mass is 269 g/mol. The van der Waals surface area contributed by atoms with Crippen LogP contribution in [0, 0.1) is 15.9 Å². The topological polar surface area (TPSA) is 84.3 Å². The first-order chi connectivity index (χ1) is 9.04. The van der Waals surface area contributed by atoms with Crippen molar-refractivity contribution < 1.29 is 14.1 Å². The van der Waals surface area contributed by atoms with Crippen molar-refractivity contribution in [3.8, 4) is 0 Å². The minimum absolute atomic E-state index is 0.0354. The maximum Gasteiger partial charge on any atom is 0.274 e. The lowest BCUT2D eigenvalue weighted by Crippen LogP contribution is -2.34. The van der Waals surface area contributed by atoms with E-state index < -0.39 is 10.7 Å². The van der Waals surface area contributed by atoms with E-state index in [9.17, 15) is 19.3 Å². The molecular weight excluding hydrogens is 253 g/mol. The van der Waals surface area contributed by atoms with Crippen molar-refractivity contribution in [1.29, 1.82) is 0 Å². The van der Waals surface area contributed by atoms with Crippen molar-refractivity contribution in [3.05, 3.63) is 39.7 Å². The lowest BCUT2D eigenvalue weighted by molar-refractivity contribution is -0.385. The fourth-order valence-electron chi connectivity index (χ4n) is 1.51. The van der Waals surface area contributed by atoms with Gasteiger partial charge in [-0.15, -0.1) is 0 Å². The van der Waals surface area contributed by atoms with Crippen LogP contribution in [0.1, 0.15) is 18.9 Å². The molecule has 0 aromatic heterocycles. The van der Waals surface area contributed by atoms with Crippen molar-refractivity contribution in [2.24, 2.45) is 0 Å². The Balaban J connectivity index is 2.55. The van der Waals surface area contributed by atoms with Gasteiger partial charge in [0.2, 0.25) is 5.91 Å². The molecule has 2 N–H and O–H groups in total. The smallest absolute Gasteiger partial charge is 0.274 e. The molecule has 0 saturated heterocycles. The molecule has 0 heterocycles. The average Bonchev–Trinajstić information content (AvgIpc) is 2.36.